The topological polar surface area (TPSA) is 50.3 Å². The third kappa shape index (κ3) is 2.73. The van der Waals surface area contributed by atoms with Crippen molar-refractivity contribution in [2.45, 2.75) is 19.9 Å². The fraction of sp³-hybridized carbons (Fsp3) is 0.667. The molecule has 2 heterocycles. The van der Waals surface area contributed by atoms with Crippen molar-refractivity contribution < 1.29 is 4.74 Å². The van der Waals surface area contributed by atoms with Gasteiger partial charge in [-0.3, -0.25) is 4.98 Å². The van der Waals surface area contributed by atoms with Gasteiger partial charge in [-0.25, -0.2) is 4.98 Å². The third-order valence-corrected chi connectivity index (χ3v) is 2.99. The van der Waals surface area contributed by atoms with E-state index in [9.17, 15) is 0 Å². The first-order chi connectivity index (χ1) is 8.22. The van der Waals surface area contributed by atoms with Gasteiger partial charge in [0.25, 0.3) is 0 Å². The second-order valence-electron chi connectivity index (χ2n) is 4.40. The Morgan fingerprint density at radius 2 is 2.35 bits per heavy atom. The Morgan fingerprint density at radius 3 is 3.12 bits per heavy atom. The Bertz CT molecular complexity index is 381. The molecular formula is C12H20N4O. The summed E-state index contributed by atoms with van der Waals surface area (Å²) < 4.78 is 5.53. The van der Waals surface area contributed by atoms with Gasteiger partial charge in [0.15, 0.2) is 5.82 Å². The lowest BCUT2D eigenvalue weighted by Crippen LogP contribution is -2.50. The molecule has 1 aromatic rings. The molecule has 5 heteroatoms. The number of nitrogens with zero attached hydrogens (tertiary/aromatic N) is 3. The van der Waals surface area contributed by atoms with Crippen molar-refractivity contribution in [3.05, 3.63) is 17.6 Å². The standard InChI is InChI=1S/C12H20N4O/c1-9-6-14-10(2)12(15-9)16-4-5-17-8-11(16)7-13-3/h6,11,13H,4-5,7-8H2,1-3H3. The molecule has 1 N–H and O–H groups in total. The SMILES string of the molecule is CNCC1COCCN1c1nc(C)cnc1C. The third-order valence-electron chi connectivity index (χ3n) is 2.99. The quantitative estimate of drug-likeness (QED) is 0.829. The zero-order chi connectivity index (χ0) is 12.3. The largest absolute Gasteiger partial charge is 0.377 e. The highest BCUT2D eigenvalue weighted by atomic mass is 16.5. The summed E-state index contributed by atoms with van der Waals surface area (Å²) in [5, 5.41) is 3.20. The zero-order valence-corrected chi connectivity index (χ0v) is 10.7. The highest BCUT2D eigenvalue weighted by molar-refractivity contribution is 5.45. The molecular weight excluding hydrogens is 216 g/mol. The van der Waals surface area contributed by atoms with E-state index in [4.69, 9.17) is 4.74 Å². The number of morpholine rings is 1. The van der Waals surface area contributed by atoms with Crippen LogP contribution in [0.2, 0.25) is 0 Å². The van der Waals surface area contributed by atoms with Crippen LogP contribution < -0.4 is 10.2 Å². The van der Waals surface area contributed by atoms with Crippen LogP contribution >= 0.6 is 0 Å². The van der Waals surface area contributed by atoms with E-state index in [2.05, 4.69) is 20.2 Å². The molecule has 0 radical (unpaired) electrons. The molecule has 1 aliphatic heterocycles. The van der Waals surface area contributed by atoms with Crippen LogP contribution in [0.5, 0.6) is 0 Å². The summed E-state index contributed by atoms with van der Waals surface area (Å²) in [7, 11) is 1.96. The number of hydrogen-bond donors (Lipinski definition) is 1. The van der Waals surface area contributed by atoms with Gasteiger partial charge in [-0.05, 0) is 20.9 Å². The number of ether oxygens (including phenoxy) is 1. The van der Waals surface area contributed by atoms with Gasteiger partial charge in [-0.15, -0.1) is 0 Å². The van der Waals surface area contributed by atoms with Crippen molar-refractivity contribution in [1.82, 2.24) is 15.3 Å². The van der Waals surface area contributed by atoms with Crippen LogP contribution in [0.15, 0.2) is 6.20 Å². The van der Waals surface area contributed by atoms with Crippen molar-refractivity contribution >= 4 is 5.82 Å². The fourth-order valence-corrected chi connectivity index (χ4v) is 2.14. The Balaban J connectivity index is 2.25. The van der Waals surface area contributed by atoms with Crippen LogP contribution in [0.25, 0.3) is 0 Å². The van der Waals surface area contributed by atoms with Gasteiger partial charge in [0, 0.05) is 19.3 Å². The molecule has 1 aliphatic rings. The molecule has 0 spiro atoms. The van der Waals surface area contributed by atoms with Gasteiger partial charge in [-0.2, -0.15) is 0 Å². The maximum atomic E-state index is 5.53. The van der Waals surface area contributed by atoms with E-state index in [1.54, 1.807) is 0 Å². The maximum Gasteiger partial charge on any atom is 0.150 e. The normalized spacial score (nSPS) is 20.6. The Morgan fingerprint density at radius 1 is 1.53 bits per heavy atom. The second kappa shape index (κ2) is 5.42. The number of rotatable bonds is 3. The highest BCUT2D eigenvalue weighted by Crippen LogP contribution is 2.20. The van der Waals surface area contributed by atoms with E-state index in [1.807, 2.05) is 27.1 Å². The van der Waals surface area contributed by atoms with E-state index in [1.165, 1.54) is 0 Å². The van der Waals surface area contributed by atoms with E-state index >= 15 is 0 Å². The molecule has 0 aliphatic carbocycles. The minimum Gasteiger partial charge on any atom is -0.377 e. The van der Waals surface area contributed by atoms with Crippen LogP contribution in [0.4, 0.5) is 5.82 Å². The average Bonchev–Trinajstić information content (AvgIpc) is 2.34. The van der Waals surface area contributed by atoms with Crippen LogP contribution in [0.3, 0.4) is 0 Å². The molecule has 0 bridgehead atoms. The molecule has 94 valence electrons. The summed E-state index contributed by atoms with van der Waals surface area (Å²) in [6.45, 7) is 7.27. The molecule has 1 atom stereocenters. The lowest BCUT2D eigenvalue weighted by molar-refractivity contribution is 0.0938. The minimum absolute atomic E-state index is 0.337. The summed E-state index contributed by atoms with van der Waals surface area (Å²) in [5.41, 5.74) is 1.94. The number of hydrogen-bond acceptors (Lipinski definition) is 5. The van der Waals surface area contributed by atoms with Crippen LogP contribution in [0.1, 0.15) is 11.4 Å². The Hall–Kier alpha value is -1.20. The molecule has 1 saturated heterocycles. The molecule has 1 aromatic heterocycles. The highest BCUT2D eigenvalue weighted by Gasteiger charge is 2.25. The fourth-order valence-electron chi connectivity index (χ4n) is 2.14. The molecule has 0 amide bonds. The van der Waals surface area contributed by atoms with Gasteiger partial charge in [0.1, 0.15) is 0 Å². The number of likely N-dealkylation sites (N-methyl/N-ethyl adjacent to an activating group) is 1. The van der Waals surface area contributed by atoms with E-state index in [0.717, 1.165) is 43.5 Å². The predicted octanol–water partition coefficient (Wildman–Crippen LogP) is 0.518. The van der Waals surface area contributed by atoms with E-state index in [0.29, 0.717) is 6.04 Å². The molecule has 1 fully saturated rings. The summed E-state index contributed by atoms with van der Waals surface area (Å²) in [5.74, 6) is 0.994. The number of aromatic nitrogens is 2. The van der Waals surface area contributed by atoms with E-state index in [-0.39, 0.29) is 0 Å². The molecule has 5 nitrogen and oxygen atoms in total. The summed E-state index contributed by atoms with van der Waals surface area (Å²) >= 11 is 0. The van der Waals surface area contributed by atoms with Gasteiger partial charge < -0.3 is 15.0 Å². The summed E-state index contributed by atoms with van der Waals surface area (Å²) in [6, 6.07) is 0.337. The van der Waals surface area contributed by atoms with Gasteiger partial charge >= 0.3 is 0 Å². The first kappa shape index (κ1) is 12.3. The Kier molecular flexibility index (Phi) is 3.91. The lowest BCUT2D eigenvalue weighted by atomic mass is 10.2. The van der Waals surface area contributed by atoms with Crippen LogP contribution in [-0.2, 0) is 4.74 Å². The van der Waals surface area contributed by atoms with Gasteiger partial charge in [-0.1, -0.05) is 0 Å². The molecule has 2 rings (SSSR count). The molecule has 17 heavy (non-hydrogen) atoms. The average molecular weight is 236 g/mol. The monoisotopic (exact) mass is 236 g/mol. The number of nitrogens with one attached hydrogen (secondary N) is 1. The zero-order valence-electron chi connectivity index (χ0n) is 10.7. The van der Waals surface area contributed by atoms with Crippen molar-refractivity contribution in [3.8, 4) is 0 Å². The predicted molar refractivity (Wildman–Crippen MR) is 67.4 cm³/mol. The van der Waals surface area contributed by atoms with Crippen molar-refractivity contribution in [2.24, 2.45) is 0 Å². The van der Waals surface area contributed by atoms with Gasteiger partial charge in [0.05, 0.1) is 30.6 Å². The number of aryl methyl sites for hydroxylation is 2. The Labute approximate surface area is 102 Å². The first-order valence-corrected chi connectivity index (χ1v) is 6.01. The first-order valence-electron chi connectivity index (χ1n) is 6.01. The summed E-state index contributed by atoms with van der Waals surface area (Å²) in [4.78, 5) is 11.3. The second-order valence-corrected chi connectivity index (χ2v) is 4.40. The van der Waals surface area contributed by atoms with Crippen LogP contribution in [0, 0.1) is 13.8 Å². The van der Waals surface area contributed by atoms with Gasteiger partial charge in [0.2, 0.25) is 0 Å². The minimum atomic E-state index is 0.337. The molecule has 1 unspecified atom stereocenters. The van der Waals surface area contributed by atoms with E-state index < -0.39 is 0 Å². The lowest BCUT2D eigenvalue weighted by Gasteiger charge is -2.37. The smallest absolute Gasteiger partial charge is 0.150 e. The number of anilines is 1. The molecule has 0 saturated carbocycles. The van der Waals surface area contributed by atoms with Crippen LogP contribution in [-0.4, -0.2) is 49.4 Å². The van der Waals surface area contributed by atoms with Crippen molar-refractivity contribution in [1.29, 1.82) is 0 Å². The molecule has 0 aromatic carbocycles. The van der Waals surface area contributed by atoms with Crippen molar-refractivity contribution in [3.63, 3.8) is 0 Å². The van der Waals surface area contributed by atoms with Crippen molar-refractivity contribution in [2.75, 3.05) is 38.3 Å². The summed E-state index contributed by atoms with van der Waals surface area (Å²) in [6.07, 6.45) is 1.81. The maximum absolute atomic E-state index is 5.53.